The lowest BCUT2D eigenvalue weighted by Crippen LogP contribution is -2.50. The molecule has 1 atom stereocenters. The first-order valence-electron chi connectivity index (χ1n) is 9.84. The first kappa shape index (κ1) is 20.6. The molecule has 1 aliphatic heterocycles. The van der Waals surface area contributed by atoms with Crippen molar-refractivity contribution in [2.24, 2.45) is 11.8 Å². The molecule has 28 heavy (non-hydrogen) atoms. The molecule has 0 amide bonds. The van der Waals surface area contributed by atoms with Gasteiger partial charge < -0.3 is 5.11 Å². The van der Waals surface area contributed by atoms with Gasteiger partial charge in [0.15, 0.2) is 11.7 Å². The van der Waals surface area contributed by atoms with E-state index in [1.807, 2.05) is 6.07 Å². The zero-order valence-electron chi connectivity index (χ0n) is 16.4. The first-order valence-corrected chi connectivity index (χ1v) is 9.84. The highest BCUT2D eigenvalue weighted by atomic mass is 19.2. The topological polar surface area (TPSA) is 66.3 Å². The Labute approximate surface area is 164 Å². The molecule has 1 aliphatic carbocycles. The molecule has 0 bridgehead atoms. The third-order valence-electron chi connectivity index (χ3n) is 5.41. The SMILES string of the molecule is CC(C)Cc1ccnc(C2=CCC(F)(N3CCC(CC(=O)O)CC3)C(F)=C2)n1. The van der Waals surface area contributed by atoms with E-state index in [0.717, 1.165) is 12.1 Å². The maximum atomic E-state index is 15.5. The second-order valence-electron chi connectivity index (χ2n) is 8.11. The number of hydrogen-bond acceptors (Lipinski definition) is 4. The third kappa shape index (κ3) is 4.63. The summed E-state index contributed by atoms with van der Waals surface area (Å²) in [4.78, 5) is 21.0. The van der Waals surface area contributed by atoms with E-state index in [-0.39, 0.29) is 18.8 Å². The van der Waals surface area contributed by atoms with Crippen LogP contribution < -0.4 is 0 Å². The van der Waals surface area contributed by atoms with Crippen LogP contribution in [0.25, 0.3) is 5.57 Å². The number of aromatic nitrogens is 2. The van der Waals surface area contributed by atoms with Crippen molar-refractivity contribution in [1.82, 2.24) is 14.9 Å². The summed E-state index contributed by atoms with van der Waals surface area (Å²) in [5, 5.41) is 8.90. The molecule has 0 spiro atoms. The van der Waals surface area contributed by atoms with Crippen LogP contribution in [0.3, 0.4) is 0 Å². The predicted octanol–water partition coefficient (Wildman–Crippen LogP) is 4.17. The third-order valence-corrected chi connectivity index (χ3v) is 5.41. The summed E-state index contributed by atoms with van der Waals surface area (Å²) in [6, 6.07) is 1.84. The molecular weight excluding hydrogens is 364 g/mol. The van der Waals surface area contributed by atoms with Crippen molar-refractivity contribution in [3.8, 4) is 0 Å². The maximum Gasteiger partial charge on any atom is 0.303 e. The number of carboxylic acids is 1. The largest absolute Gasteiger partial charge is 0.481 e. The number of allylic oxidation sites excluding steroid dienone is 2. The summed E-state index contributed by atoms with van der Waals surface area (Å²) < 4.78 is 30.3. The number of halogens is 2. The first-order chi connectivity index (χ1) is 13.3. The Morgan fingerprint density at radius 1 is 1.39 bits per heavy atom. The van der Waals surface area contributed by atoms with Crippen LogP contribution in [-0.2, 0) is 11.2 Å². The van der Waals surface area contributed by atoms with Crippen molar-refractivity contribution in [2.75, 3.05) is 13.1 Å². The van der Waals surface area contributed by atoms with E-state index < -0.39 is 17.6 Å². The Morgan fingerprint density at radius 3 is 2.71 bits per heavy atom. The zero-order chi connectivity index (χ0) is 20.3. The van der Waals surface area contributed by atoms with E-state index in [4.69, 9.17) is 5.11 Å². The van der Waals surface area contributed by atoms with Crippen molar-refractivity contribution >= 4 is 11.5 Å². The highest BCUT2D eigenvalue weighted by molar-refractivity contribution is 5.72. The summed E-state index contributed by atoms with van der Waals surface area (Å²) in [7, 11) is 0. The molecule has 2 heterocycles. The van der Waals surface area contributed by atoms with Gasteiger partial charge in [-0.15, -0.1) is 0 Å². The molecule has 0 saturated carbocycles. The van der Waals surface area contributed by atoms with Gasteiger partial charge in [0, 0.05) is 43.4 Å². The van der Waals surface area contributed by atoms with Gasteiger partial charge in [-0.05, 0) is 43.2 Å². The van der Waals surface area contributed by atoms with Gasteiger partial charge in [0.1, 0.15) is 0 Å². The fourth-order valence-corrected chi connectivity index (χ4v) is 3.89. The van der Waals surface area contributed by atoms with Gasteiger partial charge in [-0.1, -0.05) is 19.9 Å². The summed E-state index contributed by atoms with van der Waals surface area (Å²) in [5.41, 5.74) is 1.38. The second-order valence-corrected chi connectivity index (χ2v) is 8.11. The number of carbonyl (C=O) groups is 1. The maximum absolute atomic E-state index is 15.5. The Kier molecular flexibility index (Phi) is 6.23. The van der Waals surface area contributed by atoms with Gasteiger partial charge in [0.2, 0.25) is 5.79 Å². The Morgan fingerprint density at radius 2 is 2.11 bits per heavy atom. The van der Waals surface area contributed by atoms with E-state index in [9.17, 15) is 9.18 Å². The minimum atomic E-state index is -2.17. The molecule has 0 radical (unpaired) electrons. The number of carboxylic acid groups (broad SMARTS) is 1. The van der Waals surface area contributed by atoms with E-state index in [1.54, 1.807) is 12.3 Å². The lowest BCUT2D eigenvalue weighted by molar-refractivity contribution is -0.138. The lowest BCUT2D eigenvalue weighted by Gasteiger charge is -2.41. The molecule has 152 valence electrons. The summed E-state index contributed by atoms with van der Waals surface area (Å²) in [6.45, 7) is 4.88. The molecule has 5 nitrogen and oxygen atoms in total. The van der Waals surface area contributed by atoms with Crippen LogP contribution in [0.4, 0.5) is 8.78 Å². The normalized spacial score (nSPS) is 24.2. The molecule has 1 aromatic heterocycles. The van der Waals surface area contributed by atoms with E-state index >= 15 is 4.39 Å². The highest BCUT2D eigenvalue weighted by Gasteiger charge is 2.44. The number of piperidine rings is 1. The average molecular weight is 391 g/mol. The number of nitrogens with zero attached hydrogens (tertiary/aromatic N) is 3. The molecule has 1 unspecified atom stereocenters. The minimum Gasteiger partial charge on any atom is -0.481 e. The monoisotopic (exact) mass is 391 g/mol. The Hall–Kier alpha value is -2.15. The standard InChI is InChI=1S/C21H27F2N3O2/c1-14(2)11-17-4-8-24-20(25-17)16-3-7-21(23,18(22)13-16)26-9-5-15(6-10-26)12-19(27)28/h3-4,8,13-15H,5-7,9-12H2,1-2H3,(H,27,28). The van der Waals surface area contributed by atoms with Gasteiger partial charge in [0.05, 0.1) is 0 Å². The van der Waals surface area contributed by atoms with E-state index in [1.165, 1.54) is 11.0 Å². The van der Waals surface area contributed by atoms with Crippen LogP contribution >= 0.6 is 0 Å². The number of alkyl halides is 1. The second kappa shape index (κ2) is 8.47. The fourth-order valence-electron chi connectivity index (χ4n) is 3.89. The van der Waals surface area contributed by atoms with Crippen LogP contribution in [0.5, 0.6) is 0 Å². The van der Waals surface area contributed by atoms with Crippen LogP contribution in [0, 0.1) is 11.8 Å². The van der Waals surface area contributed by atoms with Crippen molar-refractivity contribution in [2.45, 2.75) is 51.7 Å². The number of aliphatic carboxylic acids is 1. The molecule has 3 rings (SSSR count). The van der Waals surface area contributed by atoms with Crippen LogP contribution in [0.1, 0.15) is 51.0 Å². The Balaban J connectivity index is 1.70. The van der Waals surface area contributed by atoms with Crippen LogP contribution in [-0.4, -0.2) is 44.8 Å². The summed E-state index contributed by atoms with van der Waals surface area (Å²) >= 11 is 0. The molecule has 1 aromatic rings. The summed E-state index contributed by atoms with van der Waals surface area (Å²) in [6.07, 6.45) is 6.39. The van der Waals surface area contributed by atoms with Gasteiger partial charge >= 0.3 is 5.97 Å². The number of likely N-dealkylation sites (tertiary alicyclic amines) is 1. The molecule has 1 saturated heterocycles. The van der Waals surface area contributed by atoms with Crippen molar-refractivity contribution in [1.29, 1.82) is 0 Å². The van der Waals surface area contributed by atoms with Crippen molar-refractivity contribution < 1.29 is 18.7 Å². The minimum absolute atomic E-state index is 0.0242. The van der Waals surface area contributed by atoms with Crippen molar-refractivity contribution in [3.63, 3.8) is 0 Å². The quantitative estimate of drug-likeness (QED) is 0.738. The van der Waals surface area contributed by atoms with Crippen LogP contribution in [0.15, 0.2) is 30.2 Å². The predicted molar refractivity (Wildman–Crippen MR) is 103 cm³/mol. The highest BCUT2D eigenvalue weighted by Crippen LogP contribution is 2.40. The number of hydrogen-bond donors (Lipinski definition) is 1. The molecule has 1 N–H and O–H groups in total. The van der Waals surface area contributed by atoms with Gasteiger partial charge in [-0.3, -0.25) is 9.69 Å². The Bertz CT molecular complexity index is 786. The van der Waals surface area contributed by atoms with E-state index in [0.29, 0.717) is 43.2 Å². The van der Waals surface area contributed by atoms with Crippen molar-refractivity contribution in [3.05, 3.63) is 41.8 Å². The molecule has 1 fully saturated rings. The zero-order valence-corrected chi connectivity index (χ0v) is 16.4. The number of rotatable bonds is 6. The van der Waals surface area contributed by atoms with Gasteiger partial charge in [-0.25, -0.2) is 18.7 Å². The molecule has 7 heteroatoms. The fraction of sp³-hybridized carbons (Fsp3) is 0.571. The van der Waals surface area contributed by atoms with E-state index in [2.05, 4.69) is 23.8 Å². The van der Waals surface area contributed by atoms with Gasteiger partial charge in [-0.2, -0.15) is 0 Å². The molecule has 0 aromatic carbocycles. The average Bonchev–Trinajstić information content (AvgIpc) is 2.64. The van der Waals surface area contributed by atoms with Gasteiger partial charge in [0.25, 0.3) is 0 Å². The smallest absolute Gasteiger partial charge is 0.303 e. The lowest BCUT2D eigenvalue weighted by atomic mass is 9.90. The van der Waals surface area contributed by atoms with Crippen LogP contribution in [0.2, 0.25) is 0 Å². The molecule has 2 aliphatic rings. The molecular formula is C21H27F2N3O2. The summed E-state index contributed by atoms with van der Waals surface area (Å²) in [5.74, 6) is -2.97.